The van der Waals surface area contributed by atoms with E-state index in [1.165, 1.54) is 11.1 Å². The number of ether oxygens (including phenoxy) is 2. The summed E-state index contributed by atoms with van der Waals surface area (Å²) in [6.45, 7) is 9.63. The van der Waals surface area contributed by atoms with E-state index in [0.29, 0.717) is 19.3 Å². The van der Waals surface area contributed by atoms with Crippen LogP contribution in [0.15, 0.2) is 24.3 Å². The van der Waals surface area contributed by atoms with Crippen molar-refractivity contribution in [3.05, 3.63) is 35.4 Å². The first-order valence-corrected chi connectivity index (χ1v) is 8.72. The normalized spacial score (nSPS) is 19.7. The summed E-state index contributed by atoms with van der Waals surface area (Å²) in [4.78, 5) is 2.29. The van der Waals surface area contributed by atoms with Crippen LogP contribution in [0.25, 0.3) is 0 Å². The molecule has 1 aliphatic rings. The standard InChI is InChI=1S/C19H31NO3/c1-15(2)23-14-18(21)12-20(13-19-5-4-10-22-19)11-17-8-6-16(3)7-9-17/h6-9,15,18-19,21H,4-5,10-14H2,1-3H3/t18-,19-/m0/s1. The lowest BCUT2D eigenvalue weighted by Crippen LogP contribution is -2.39. The Bertz CT molecular complexity index is 440. The molecule has 0 aliphatic carbocycles. The number of aliphatic hydroxyl groups excluding tert-OH is 1. The Labute approximate surface area is 140 Å². The van der Waals surface area contributed by atoms with Gasteiger partial charge in [-0.15, -0.1) is 0 Å². The van der Waals surface area contributed by atoms with Gasteiger partial charge in [0.05, 0.1) is 24.9 Å². The lowest BCUT2D eigenvalue weighted by atomic mass is 10.1. The van der Waals surface area contributed by atoms with Crippen molar-refractivity contribution in [1.82, 2.24) is 4.90 Å². The molecule has 1 aliphatic heterocycles. The van der Waals surface area contributed by atoms with Gasteiger partial charge in [-0.1, -0.05) is 29.8 Å². The average Bonchev–Trinajstić information content (AvgIpc) is 3.00. The van der Waals surface area contributed by atoms with Gasteiger partial charge in [0.15, 0.2) is 0 Å². The number of hydrogen-bond donors (Lipinski definition) is 1. The Kier molecular flexibility index (Phi) is 7.50. The van der Waals surface area contributed by atoms with Crippen LogP contribution in [0.2, 0.25) is 0 Å². The molecule has 0 aromatic heterocycles. The van der Waals surface area contributed by atoms with E-state index in [4.69, 9.17) is 9.47 Å². The lowest BCUT2D eigenvalue weighted by molar-refractivity contribution is -0.0172. The maximum absolute atomic E-state index is 10.3. The highest BCUT2D eigenvalue weighted by Gasteiger charge is 2.21. The monoisotopic (exact) mass is 321 g/mol. The number of rotatable bonds is 9. The number of benzene rings is 1. The largest absolute Gasteiger partial charge is 0.389 e. The van der Waals surface area contributed by atoms with Crippen LogP contribution < -0.4 is 0 Å². The number of nitrogens with zero attached hydrogens (tertiary/aromatic N) is 1. The van der Waals surface area contributed by atoms with E-state index in [1.807, 2.05) is 13.8 Å². The van der Waals surface area contributed by atoms with Gasteiger partial charge in [0, 0.05) is 26.2 Å². The SMILES string of the molecule is Cc1ccc(CN(C[C@H](O)COC(C)C)C[C@@H]2CCCO2)cc1. The van der Waals surface area contributed by atoms with Gasteiger partial charge in [0.25, 0.3) is 0 Å². The summed E-state index contributed by atoms with van der Waals surface area (Å²) < 4.78 is 11.3. The molecule has 0 amide bonds. The molecule has 2 rings (SSSR count). The van der Waals surface area contributed by atoms with Crippen molar-refractivity contribution in [3.63, 3.8) is 0 Å². The highest BCUT2D eigenvalue weighted by molar-refractivity contribution is 5.21. The fraction of sp³-hybridized carbons (Fsp3) is 0.684. The van der Waals surface area contributed by atoms with Crippen molar-refractivity contribution in [2.45, 2.75) is 58.5 Å². The summed E-state index contributed by atoms with van der Waals surface area (Å²) in [6.07, 6.45) is 2.22. The second kappa shape index (κ2) is 9.38. The van der Waals surface area contributed by atoms with E-state index in [2.05, 4.69) is 36.1 Å². The molecule has 0 unspecified atom stereocenters. The number of aryl methyl sites for hydroxylation is 1. The van der Waals surface area contributed by atoms with E-state index in [1.54, 1.807) is 0 Å². The summed E-state index contributed by atoms with van der Waals surface area (Å²) in [5.74, 6) is 0. The summed E-state index contributed by atoms with van der Waals surface area (Å²) in [6, 6.07) is 8.60. The third kappa shape index (κ3) is 7.00. The molecule has 23 heavy (non-hydrogen) atoms. The Balaban J connectivity index is 1.91. The molecule has 1 N–H and O–H groups in total. The van der Waals surface area contributed by atoms with E-state index in [0.717, 1.165) is 32.5 Å². The average molecular weight is 321 g/mol. The minimum atomic E-state index is -0.468. The molecular formula is C19H31NO3. The molecule has 1 aromatic carbocycles. The van der Waals surface area contributed by atoms with Crippen LogP contribution in [0.4, 0.5) is 0 Å². The van der Waals surface area contributed by atoms with Crippen LogP contribution in [-0.2, 0) is 16.0 Å². The Morgan fingerprint density at radius 2 is 2.04 bits per heavy atom. The van der Waals surface area contributed by atoms with E-state index >= 15 is 0 Å². The first-order valence-electron chi connectivity index (χ1n) is 8.72. The molecule has 130 valence electrons. The topological polar surface area (TPSA) is 41.9 Å². The summed E-state index contributed by atoms with van der Waals surface area (Å²) in [5, 5.41) is 10.3. The third-order valence-electron chi connectivity index (χ3n) is 4.10. The Hall–Kier alpha value is -0.940. The highest BCUT2D eigenvalue weighted by atomic mass is 16.5. The fourth-order valence-electron chi connectivity index (χ4n) is 2.89. The highest BCUT2D eigenvalue weighted by Crippen LogP contribution is 2.16. The zero-order valence-electron chi connectivity index (χ0n) is 14.7. The maximum atomic E-state index is 10.3. The summed E-state index contributed by atoms with van der Waals surface area (Å²) in [7, 11) is 0. The van der Waals surface area contributed by atoms with Crippen molar-refractivity contribution in [1.29, 1.82) is 0 Å². The maximum Gasteiger partial charge on any atom is 0.0900 e. The van der Waals surface area contributed by atoms with Gasteiger partial charge < -0.3 is 14.6 Å². The van der Waals surface area contributed by atoms with Crippen molar-refractivity contribution < 1.29 is 14.6 Å². The van der Waals surface area contributed by atoms with Crippen LogP contribution in [0.3, 0.4) is 0 Å². The predicted molar refractivity (Wildman–Crippen MR) is 92.5 cm³/mol. The molecular weight excluding hydrogens is 290 g/mol. The summed E-state index contributed by atoms with van der Waals surface area (Å²) >= 11 is 0. The molecule has 0 saturated carbocycles. The van der Waals surface area contributed by atoms with Gasteiger partial charge in [-0.3, -0.25) is 4.90 Å². The summed E-state index contributed by atoms with van der Waals surface area (Å²) in [5.41, 5.74) is 2.54. The molecule has 4 nitrogen and oxygen atoms in total. The second-order valence-corrected chi connectivity index (χ2v) is 6.85. The van der Waals surface area contributed by atoms with E-state index in [-0.39, 0.29) is 6.10 Å². The van der Waals surface area contributed by atoms with Gasteiger partial charge in [-0.25, -0.2) is 0 Å². The molecule has 4 heteroatoms. The third-order valence-corrected chi connectivity index (χ3v) is 4.10. The zero-order chi connectivity index (χ0) is 16.7. The molecule has 0 spiro atoms. The molecule has 0 radical (unpaired) electrons. The quantitative estimate of drug-likeness (QED) is 0.759. The minimum absolute atomic E-state index is 0.147. The molecule has 1 aromatic rings. The Morgan fingerprint density at radius 3 is 2.65 bits per heavy atom. The fourth-order valence-corrected chi connectivity index (χ4v) is 2.89. The van der Waals surface area contributed by atoms with Crippen molar-refractivity contribution in [2.75, 3.05) is 26.3 Å². The number of hydrogen-bond acceptors (Lipinski definition) is 4. The molecule has 1 fully saturated rings. The van der Waals surface area contributed by atoms with Gasteiger partial charge in [0.1, 0.15) is 0 Å². The van der Waals surface area contributed by atoms with Crippen molar-refractivity contribution in [2.24, 2.45) is 0 Å². The Morgan fingerprint density at radius 1 is 1.30 bits per heavy atom. The smallest absolute Gasteiger partial charge is 0.0900 e. The van der Waals surface area contributed by atoms with Crippen LogP contribution >= 0.6 is 0 Å². The first kappa shape index (κ1) is 18.4. The van der Waals surface area contributed by atoms with Crippen LogP contribution in [0, 0.1) is 6.92 Å². The van der Waals surface area contributed by atoms with E-state index in [9.17, 15) is 5.11 Å². The molecule has 0 bridgehead atoms. The van der Waals surface area contributed by atoms with Crippen molar-refractivity contribution in [3.8, 4) is 0 Å². The second-order valence-electron chi connectivity index (χ2n) is 6.85. The van der Waals surface area contributed by atoms with Gasteiger partial charge in [0.2, 0.25) is 0 Å². The molecule has 2 atom stereocenters. The number of aliphatic hydroxyl groups is 1. The van der Waals surface area contributed by atoms with E-state index < -0.39 is 6.10 Å². The van der Waals surface area contributed by atoms with Crippen molar-refractivity contribution >= 4 is 0 Å². The predicted octanol–water partition coefficient (Wildman–Crippen LogP) is 2.76. The zero-order valence-corrected chi connectivity index (χ0v) is 14.7. The van der Waals surface area contributed by atoms with Crippen LogP contribution in [0.1, 0.15) is 37.8 Å². The van der Waals surface area contributed by atoms with Gasteiger partial charge in [-0.2, -0.15) is 0 Å². The molecule has 1 heterocycles. The molecule has 1 saturated heterocycles. The van der Waals surface area contributed by atoms with Gasteiger partial charge >= 0.3 is 0 Å². The lowest BCUT2D eigenvalue weighted by Gasteiger charge is -2.27. The van der Waals surface area contributed by atoms with Crippen LogP contribution in [-0.4, -0.2) is 54.6 Å². The minimum Gasteiger partial charge on any atom is -0.389 e. The van der Waals surface area contributed by atoms with Crippen LogP contribution in [0.5, 0.6) is 0 Å². The van der Waals surface area contributed by atoms with Gasteiger partial charge in [-0.05, 0) is 39.2 Å². The first-order chi connectivity index (χ1) is 11.0.